The van der Waals surface area contributed by atoms with E-state index in [0.717, 1.165) is 12.8 Å². The van der Waals surface area contributed by atoms with Gasteiger partial charge in [0.25, 0.3) is 5.91 Å². The molecule has 1 aliphatic heterocycles. The molecule has 1 aliphatic carbocycles. The summed E-state index contributed by atoms with van der Waals surface area (Å²) in [6, 6.07) is 0. The summed E-state index contributed by atoms with van der Waals surface area (Å²) in [7, 11) is 1.78. The van der Waals surface area contributed by atoms with E-state index in [1.165, 1.54) is 0 Å². The highest BCUT2D eigenvalue weighted by Crippen LogP contribution is 2.49. The molecule has 108 valence electrons. The van der Waals surface area contributed by atoms with Crippen molar-refractivity contribution < 1.29 is 14.7 Å². The van der Waals surface area contributed by atoms with Gasteiger partial charge in [-0.15, -0.1) is 0 Å². The summed E-state index contributed by atoms with van der Waals surface area (Å²) in [4.78, 5) is 25.9. The van der Waals surface area contributed by atoms with E-state index in [2.05, 4.69) is 5.10 Å². The zero-order valence-electron chi connectivity index (χ0n) is 11.8. The van der Waals surface area contributed by atoms with Crippen molar-refractivity contribution in [2.75, 3.05) is 13.1 Å². The summed E-state index contributed by atoms with van der Waals surface area (Å²) in [6.07, 6.45) is 4.25. The summed E-state index contributed by atoms with van der Waals surface area (Å²) in [5.74, 6) is -0.746. The smallest absolute Gasteiger partial charge is 0.311 e. The molecule has 1 amide bonds. The Bertz CT molecular complexity index is 580. The molecule has 2 atom stereocenters. The van der Waals surface area contributed by atoms with Crippen LogP contribution in [0, 0.1) is 18.3 Å². The minimum absolute atomic E-state index is 0.0920. The Morgan fingerprint density at radius 3 is 2.80 bits per heavy atom. The maximum atomic E-state index is 12.6. The molecule has 2 aliphatic rings. The highest BCUT2D eigenvalue weighted by Gasteiger charge is 2.55. The Morgan fingerprint density at radius 1 is 1.50 bits per heavy atom. The normalized spacial score (nSPS) is 28.7. The van der Waals surface area contributed by atoms with E-state index in [0.29, 0.717) is 30.8 Å². The van der Waals surface area contributed by atoms with Crippen LogP contribution in [0.3, 0.4) is 0 Å². The van der Waals surface area contributed by atoms with Gasteiger partial charge in [0.05, 0.1) is 16.7 Å². The number of fused-ring (bicyclic) bond motifs is 1. The number of likely N-dealkylation sites (tertiary alicyclic amines) is 1. The molecule has 1 aromatic rings. The van der Waals surface area contributed by atoms with Crippen LogP contribution in [-0.2, 0) is 11.8 Å². The SMILES string of the molecule is Cc1nn(C)cc1C(=O)N1C[C@@H]2CCC[C@@]2(C(=O)O)C1. The van der Waals surface area contributed by atoms with Crippen LogP contribution in [0.5, 0.6) is 0 Å². The molecule has 0 bridgehead atoms. The highest BCUT2D eigenvalue weighted by atomic mass is 16.4. The lowest BCUT2D eigenvalue weighted by Gasteiger charge is -2.23. The second-order valence-electron chi connectivity index (χ2n) is 6.04. The van der Waals surface area contributed by atoms with Crippen LogP contribution in [0.15, 0.2) is 6.20 Å². The van der Waals surface area contributed by atoms with Crippen LogP contribution < -0.4 is 0 Å². The number of hydrogen-bond acceptors (Lipinski definition) is 3. The largest absolute Gasteiger partial charge is 0.481 e. The molecule has 0 spiro atoms. The van der Waals surface area contributed by atoms with Gasteiger partial charge in [-0.2, -0.15) is 5.10 Å². The van der Waals surface area contributed by atoms with Crippen LogP contribution >= 0.6 is 0 Å². The minimum Gasteiger partial charge on any atom is -0.481 e. The standard InChI is InChI=1S/C14H19N3O3/c1-9-11(7-16(2)15-9)12(18)17-6-10-4-3-5-14(10,8-17)13(19)20/h7,10H,3-6,8H2,1-2H3,(H,19,20)/t10-,14+/m0/s1. The van der Waals surface area contributed by atoms with Gasteiger partial charge in [0.15, 0.2) is 0 Å². The Morgan fingerprint density at radius 2 is 2.25 bits per heavy atom. The van der Waals surface area contributed by atoms with Crippen molar-refractivity contribution in [3.8, 4) is 0 Å². The zero-order chi connectivity index (χ0) is 14.5. The lowest BCUT2D eigenvalue weighted by Crippen LogP contribution is -2.37. The van der Waals surface area contributed by atoms with Gasteiger partial charge in [0.1, 0.15) is 0 Å². The van der Waals surface area contributed by atoms with Crippen molar-refractivity contribution in [3.05, 3.63) is 17.5 Å². The van der Waals surface area contributed by atoms with E-state index in [1.807, 2.05) is 0 Å². The van der Waals surface area contributed by atoms with Crippen molar-refractivity contribution in [1.29, 1.82) is 0 Å². The number of carboxylic acids is 1. The fourth-order valence-electron chi connectivity index (χ4n) is 3.77. The first-order chi connectivity index (χ1) is 9.44. The zero-order valence-corrected chi connectivity index (χ0v) is 11.8. The summed E-state index contributed by atoms with van der Waals surface area (Å²) >= 11 is 0. The van der Waals surface area contributed by atoms with E-state index in [4.69, 9.17) is 0 Å². The fraction of sp³-hybridized carbons (Fsp3) is 0.643. The number of aryl methyl sites for hydroxylation is 2. The quantitative estimate of drug-likeness (QED) is 0.877. The molecule has 6 heteroatoms. The van der Waals surface area contributed by atoms with Gasteiger partial charge in [-0.25, -0.2) is 0 Å². The number of rotatable bonds is 2. The molecular formula is C14H19N3O3. The van der Waals surface area contributed by atoms with Crippen LogP contribution in [0.2, 0.25) is 0 Å². The predicted octanol–water partition coefficient (Wildman–Crippen LogP) is 1.06. The number of aromatic nitrogens is 2. The second-order valence-corrected chi connectivity index (χ2v) is 6.04. The molecule has 0 radical (unpaired) electrons. The highest BCUT2D eigenvalue weighted by molar-refractivity contribution is 5.96. The lowest BCUT2D eigenvalue weighted by atomic mass is 9.81. The maximum Gasteiger partial charge on any atom is 0.311 e. The molecule has 6 nitrogen and oxygen atoms in total. The first-order valence-corrected chi connectivity index (χ1v) is 6.97. The molecule has 20 heavy (non-hydrogen) atoms. The van der Waals surface area contributed by atoms with Gasteiger partial charge in [-0.3, -0.25) is 14.3 Å². The molecule has 1 saturated heterocycles. The van der Waals surface area contributed by atoms with Crippen LogP contribution in [0.1, 0.15) is 35.3 Å². The van der Waals surface area contributed by atoms with Crippen molar-refractivity contribution in [1.82, 2.24) is 14.7 Å². The molecule has 1 saturated carbocycles. The van der Waals surface area contributed by atoms with E-state index in [9.17, 15) is 14.7 Å². The van der Waals surface area contributed by atoms with Gasteiger partial charge >= 0.3 is 5.97 Å². The molecular weight excluding hydrogens is 258 g/mol. The average molecular weight is 277 g/mol. The number of hydrogen-bond donors (Lipinski definition) is 1. The monoisotopic (exact) mass is 277 g/mol. The number of nitrogens with zero attached hydrogens (tertiary/aromatic N) is 3. The third-order valence-electron chi connectivity index (χ3n) is 4.83. The first-order valence-electron chi connectivity index (χ1n) is 6.97. The third kappa shape index (κ3) is 1.74. The van der Waals surface area contributed by atoms with Crippen molar-refractivity contribution in [2.45, 2.75) is 26.2 Å². The maximum absolute atomic E-state index is 12.6. The van der Waals surface area contributed by atoms with Crippen molar-refractivity contribution in [2.24, 2.45) is 18.4 Å². The number of carbonyl (C=O) groups is 2. The van der Waals surface area contributed by atoms with Crippen molar-refractivity contribution >= 4 is 11.9 Å². The van der Waals surface area contributed by atoms with Gasteiger partial charge in [-0.1, -0.05) is 6.42 Å². The van der Waals surface area contributed by atoms with E-state index in [-0.39, 0.29) is 11.8 Å². The van der Waals surface area contributed by atoms with Gasteiger partial charge in [-0.05, 0) is 25.7 Å². The summed E-state index contributed by atoms with van der Waals surface area (Å²) < 4.78 is 1.62. The molecule has 2 heterocycles. The number of amides is 1. The Balaban J connectivity index is 1.85. The summed E-state index contributed by atoms with van der Waals surface area (Å²) in [6.45, 7) is 2.69. The average Bonchev–Trinajstić information content (AvgIpc) is 2.99. The van der Waals surface area contributed by atoms with Crippen LogP contribution in [-0.4, -0.2) is 44.8 Å². The summed E-state index contributed by atoms with van der Waals surface area (Å²) in [5, 5.41) is 13.7. The Hall–Kier alpha value is -1.85. The third-order valence-corrected chi connectivity index (χ3v) is 4.83. The van der Waals surface area contributed by atoms with Crippen LogP contribution in [0.25, 0.3) is 0 Å². The predicted molar refractivity (Wildman–Crippen MR) is 71.3 cm³/mol. The molecule has 0 unspecified atom stereocenters. The number of aliphatic carboxylic acids is 1. The molecule has 3 rings (SSSR count). The fourth-order valence-corrected chi connectivity index (χ4v) is 3.77. The van der Waals surface area contributed by atoms with Gasteiger partial charge in [0.2, 0.25) is 0 Å². The Kier molecular flexibility index (Phi) is 2.84. The van der Waals surface area contributed by atoms with E-state index >= 15 is 0 Å². The number of carbonyl (C=O) groups excluding carboxylic acids is 1. The first kappa shape index (κ1) is 13.1. The van der Waals surface area contributed by atoms with E-state index < -0.39 is 11.4 Å². The van der Waals surface area contributed by atoms with Crippen molar-refractivity contribution in [3.63, 3.8) is 0 Å². The van der Waals surface area contributed by atoms with Gasteiger partial charge in [0, 0.05) is 26.3 Å². The molecule has 2 fully saturated rings. The summed E-state index contributed by atoms with van der Waals surface area (Å²) in [5.41, 5.74) is 0.554. The van der Waals surface area contributed by atoms with Gasteiger partial charge < -0.3 is 10.0 Å². The topological polar surface area (TPSA) is 75.4 Å². The Labute approximate surface area is 117 Å². The molecule has 1 aromatic heterocycles. The second kappa shape index (κ2) is 4.33. The van der Waals surface area contributed by atoms with E-state index in [1.54, 1.807) is 29.7 Å². The lowest BCUT2D eigenvalue weighted by molar-refractivity contribution is -0.149. The molecule has 1 N–H and O–H groups in total. The number of carboxylic acid groups (broad SMARTS) is 1. The van der Waals surface area contributed by atoms with Crippen LogP contribution in [0.4, 0.5) is 0 Å². The molecule has 0 aromatic carbocycles. The minimum atomic E-state index is -0.752.